The molecule has 0 spiro atoms. The van der Waals surface area contributed by atoms with Crippen LogP contribution in [0.15, 0.2) is 47.6 Å². The van der Waals surface area contributed by atoms with Gasteiger partial charge in [0.15, 0.2) is 11.5 Å². The number of carbonyl (C=O) groups excluding carboxylic acids is 2. The third kappa shape index (κ3) is 6.31. The molecular formula is C19H20N4O6. The topological polar surface area (TPSA) is 132 Å². The third-order valence-electron chi connectivity index (χ3n) is 3.84. The highest BCUT2D eigenvalue weighted by Crippen LogP contribution is 2.27. The standard InChI is InChI=1S/C19H20N4O6/c1-28-16-8-5-13(11-17(16)29-2)9-10-20-18(24)19(25)22-21-12-14-3-6-15(7-4-14)23(26)27/h3-8,11-12H,9-10H2,1-2H3,(H,20,24)(H,22,25). The summed E-state index contributed by atoms with van der Waals surface area (Å²) in [6.45, 7) is 0.244. The summed E-state index contributed by atoms with van der Waals surface area (Å²) in [6.07, 6.45) is 1.77. The Labute approximate surface area is 166 Å². The molecule has 0 saturated carbocycles. The summed E-state index contributed by atoms with van der Waals surface area (Å²) in [5.74, 6) is -0.568. The number of hydrazone groups is 1. The first-order valence-electron chi connectivity index (χ1n) is 8.51. The minimum atomic E-state index is -0.921. The van der Waals surface area contributed by atoms with E-state index in [1.807, 2.05) is 6.07 Å². The Bertz CT molecular complexity index is 911. The van der Waals surface area contributed by atoms with E-state index in [1.54, 1.807) is 19.2 Å². The molecule has 0 aliphatic heterocycles. The number of hydrogen-bond donors (Lipinski definition) is 2. The van der Waals surface area contributed by atoms with Crippen LogP contribution in [0.3, 0.4) is 0 Å². The molecule has 0 aromatic heterocycles. The van der Waals surface area contributed by atoms with Gasteiger partial charge in [-0.25, -0.2) is 5.43 Å². The van der Waals surface area contributed by atoms with Gasteiger partial charge in [-0.1, -0.05) is 6.07 Å². The van der Waals surface area contributed by atoms with E-state index in [0.29, 0.717) is 23.5 Å². The van der Waals surface area contributed by atoms with Gasteiger partial charge in [-0.2, -0.15) is 5.10 Å². The van der Waals surface area contributed by atoms with Crippen LogP contribution in [0, 0.1) is 10.1 Å². The molecule has 2 aromatic rings. The number of carbonyl (C=O) groups is 2. The number of amides is 2. The van der Waals surface area contributed by atoms with Gasteiger partial charge < -0.3 is 14.8 Å². The number of hydrogen-bond acceptors (Lipinski definition) is 7. The summed E-state index contributed by atoms with van der Waals surface area (Å²) in [4.78, 5) is 33.6. The number of nitrogens with one attached hydrogen (secondary N) is 2. The van der Waals surface area contributed by atoms with Crippen LogP contribution in [0.4, 0.5) is 5.69 Å². The molecule has 10 nitrogen and oxygen atoms in total. The molecule has 10 heteroatoms. The van der Waals surface area contributed by atoms with Gasteiger partial charge in [0.25, 0.3) is 5.69 Å². The fourth-order valence-corrected chi connectivity index (χ4v) is 2.34. The highest BCUT2D eigenvalue weighted by Gasteiger charge is 2.12. The van der Waals surface area contributed by atoms with E-state index in [4.69, 9.17) is 9.47 Å². The van der Waals surface area contributed by atoms with Crippen molar-refractivity contribution in [2.75, 3.05) is 20.8 Å². The number of rotatable bonds is 8. The van der Waals surface area contributed by atoms with E-state index in [9.17, 15) is 19.7 Å². The maximum atomic E-state index is 11.8. The first-order chi connectivity index (χ1) is 13.9. The molecular weight excluding hydrogens is 380 g/mol. The molecule has 0 aliphatic carbocycles. The SMILES string of the molecule is COc1ccc(CCNC(=O)C(=O)NN=Cc2ccc([N+](=O)[O-])cc2)cc1OC. The van der Waals surface area contributed by atoms with Crippen molar-refractivity contribution in [2.45, 2.75) is 6.42 Å². The second-order valence-corrected chi connectivity index (χ2v) is 5.74. The lowest BCUT2D eigenvalue weighted by Gasteiger charge is -2.09. The molecule has 0 radical (unpaired) electrons. The van der Waals surface area contributed by atoms with Crippen molar-refractivity contribution in [3.05, 3.63) is 63.7 Å². The largest absolute Gasteiger partial charge is 0.493 e. The zero-order valence-electron chi connectivity index (χ0n) is 15.9. The summed E-state index contributed by atoms with van der Waals surface area (Å²) in [5.41, 5.74) is 3.48. The Morgan fingerprint density at radius 2 is 1.76 bits per heavy atom. The molecule has 29 heavy (non-hydrogen) atoms. The van der Waals surface area contributed by atoms with Gasteiger partial charge in [0, 0.05) is 18.7 Å². The molecule has 0 atom stereocenters. The Balaban J connectivity index is 1.79. The van der Waals surface area contributed by atoms with Gasteiger partial charge in [-0.05, 0) is 41.8 Å². The quantitative estimate of drug-likeness (QED) is 0.298. The minimum absolute atomic E-state index is 0.0555. The molecule has 2 aromatic carbocycles. The normalized spacial score (nSPS) is 10.4. The smallest absolute Gasteiger partial charge is 0.329 e. The Hall–Kier alpha value is -3.95. The summed E-state index contributed by atoms with van der Waals surface area (Å²) in [5, 5.41) is 16.7. The van der Waals surface area contributed by atoms with E-state index in [2.05, 4.69) is 15.8 Å². The van der Waals surface area contributed by atoms with E-state index in [1.165, 1.54) is 37.6 Å². The predicted molar refractivity (Wildman–Crippen MR) is 105 cm³/mol. The highest BCUT2D eigenvalue weighted by atomic mass is 16.6. The monoisotopic (exact) mass is 400 g/mol. The van der Waals surface area contributed by atoms with Gasteiger partial charge in [0.05, 0.1) is 25.4 Å². The maximum absolute atomic E-state index is 11.8. The number of nitro benzene ring substituents is 1. The van der Waals surface area contributed by atoms with Crippen molar-refractivity contribution in [1.82, 2.24) is 10.7 Å². The first-order valence-corrected chi connectivity index (χ1v) is 8.51. The van der Waals surface area contributed by atoms with Crippen LogP contribution in [0.2, 0.25) is 0 Å². The fraction of sp³-hybridized carbons (Fsp3) is 0.211. The van der Waals surface area contributed by atoms with Crippen molar-refractivity contribution in [2.24, 2.45) is 5.10 Å². The number of nitro groups is 1. The predicted octanol–water partition coefficient (Wildman–Crippen LogP) is 1.42. The van der Waals surface area contributed by atoms with Crippen LogP contribution < -0.4 is 20.2 Å². The maximum Gasteiger partial charge on any atom is 0.329 e. The number of benzene rings is 2. The summed E-state index contributed by atoms with van der Waals surface area (Å²) in [6, 6.07) is 10.9. The average molecular weight is 400 g/mol. The van der Waals surface area contributed by atoms with Gasteiger partial charge in [-0.3, -0.25) is 19.7 Å². The van der Waals surface area contributed by atoms with Gasteiger partial charge >= 0.3 is 11.8 Å². The molecule has 2 rings (SSSR count). The fourth-order valence-electron chi connectivity index (χ4n) is 2.34. The van der Waals surface area contributed by atoms with Gasteiger partial charge in [0.2, 0.25) is 0 Å². The molecule has 0 saturated heterocycles. The van der Waals surface area contributed by atoms with Crippen LogP contribution in [-0.2, 0) is 16.0 Å². The van der Waals surface area contributed by atoms with Crippen LogP contribution in [0.5, 0.6) is 11.5 Å². The van der Waals surface area contributed by atoms with E-state index in [0.717, 1.165) is 5.56 Å². The second kappa shape index (κ2) is 10.4. The molecule has 0 bridgehead atoms. The van der Waals surface area contributed by atoms with Crippen molar-refractivity contribution >= 4 is 23.7 Å². The Kier molecular flexibility index (Phi) is 7.66. The van der Waals surface area contributed by atoms with E-state index >= 15 is 0 Å². The number of ether oxygens (including phenoxy) is 2. The second-order valence-electron chi connectivity index (χ2n) is 5.74. The molecule has 0 unspecified atom stereocenters. The Morgan fingerprint density at radius 3 is 2.38 bits per heavy atom. The van der Waals surface area contributed by atoms with Crippen LogP contribution in [0.25, 0.3) is 0 Å². The number of methoxy groups -OCH3 is 2. The molecule has 152 valence electrons. The molecule has 0 heterocycles. The van der Waals surface area contributed by atoms with Gasteiger partial charge in [-0.15, -0.1) is 0 Å². The highest BCUT2D eigenvalue weighted by molar-refractivity contribution is 6.35. The van der Waals surface area contributed by atoms with E-state index < -0.39 is 16.7 Å². The van der Waals surface area contributed by atoms with Crippen molar-refractivity contribution in [3.63, 3.8) is 0 Å². The lowest BCUT2D eigenvalue weighted by atomic mass is 10.1. The number of nitrogens with zero attached hydrogens (tertiary/aromatic N) is 2. The molecule has 0 aliphatic rings. The lowest BCUT2D eigenvalue weighted by molar-refractivity contribution is -0.384. The lowest BCUT2D eigenvalue weighted by Crippen LogP contribution is -2.38. The summed E-state index contributed by atoms with van der Waals surface area (Å²) in [7, 11) is 3.07. The van der Waals surface area contributed by atoms with Gasteiger partial charge in [0.1, 0.15) is 0 Å². The van der Waals surface area contributed by atoms with Crippen molar-refractivity contribution in [3.8, 4) is 11.5 Å². The van der Waals surface area contributed by atoms with Crippen LogP contribution >= 0.6 is 0 Å². The zero-order chi connectivity index (χ0) is 21.2. The molecule has 2 N–H and O–H groups in total. The third-order valence-corrected chi connectivity index (χ3v) is 3.84. The summed E-state index contributed by atoms with van der Waals surface area (Å²) >= 11 is 0. The number of non-ortho nitro benzene ring substituents is 1. The first kappa shape index (κ1) is 21.4. The van der Waals surface area contributed by atoms with Crippen molar-refractivity contribution < 1.29 is 24.0 Å². The van der Waals surface area contributed by atoms with Crippen LogP contribution in [0.1, 0.15) is 11.1 Å². The zero-order valence-corrected chi connectivity index (χ0v) is 15.9. The van der Waals surface area contributed by atoms with Crippen molar-refractivity contribution in [1.29, 1.82) is 0 Å². The van der Waals surface area contributed by atoms with E-state index in [-0.39, 0.29) is 12.2 Å². The average Bonchev–Trinajstić information content (AvgIpc) is 2.73. The molecule has 0 fully saturated rings. The Morgan fingerprint density at radius 1 is 1.07 bits per heavy atom. The minimum Gasteiger partial charge on any atom is -0.493 e. The molecule has 2 amide bonds. The van der Waals surface area contributed by atoms with Crippen LogP contribution in [-0.4, -0.2) is 43.7 Å². The summed E-state index contributed by atoms with van der Waals surface area (Å²) < 4.78 is 10.4.